The van der Waals surface area contributed by atoms with Crippen LogP contribution in [0, 0.1) is 5.82 Å². The summed E-state index contributed by atoms with van der Waals surface area (Å²) in [5.41, 5.74) is 1.77. The Morgan fingerprint density at radius 1 is 1.16 bits per heavy atom. The monoisotopic (exact) mass is 255 g/mol. The molecule has 0 atom stereocenters. The normalized spacial score (nSPS) is 10.6. The molecule has 1 amide bonds. The van der Waals surface area contributed by atoms with E-state index >= 15 is 0 Å². The number of hydrogen-bond donors (Lipinski definition) is 2. The van der Waals surface area contributed by atoms with E-state index in [2.05, 4.69) is 15.3 Å². The molecular weight excluding hydrogens is 245 g/mol. The Hall–Kier alpha value is -2.69. The number of fused-ring (bicyclic) bond motifs is 1. The van der Waals surface area contributed by atoms with Crippen LogP contribution < -0.4 is 5.32 Å². The Balaban J connectivity index is 1.89. The molecule has 3 rings (SSSR count). The van der Waals surface area contributed by atoms with Crippen LogP contribution in [-0.2, 0) is 0 Å². The van der Waals surface area contributed by atoms with Crippen LogP contribution in [0.4, 0.5) is 10.1 Å². The number of carbonyl (C=O) groups is 1. The second-order valence-electron chi connectivity index (χ2n) is 4.10. The highest BCUT2D eigenvalue weighted by Crippen LogP contribution is 2.17. The lowest BCUT2D eigenvalue weighted by atomic mass is 10.2. The second kappa shape index (κ2) is 4.53. The maximum atomic E-state index is 13.1. The minimum atomic E-state index is -0.326. The van der Waals surface area contributed by atoms with Crippen LogP contribution in [0.25, 0.3) is 10.9 Å². The number of nitrogens with zero attached hydrogens (tertiary/aromatic N) is 1. The number of pyridine rings is 1. The van der Waals surface area contributed by atoms with Crippen LogP contribution in [0.1, 0.15) is 10.5 Å². The molecule has 0 bridgehead atoms. The Morgan fingerprint density at radius 2 is 1.95 bits per heavy atom. The molecule has 0 aliphatic carbocycles. The Morgan fingerprint density at radius 3 is 2.74 bits per heavy atom. The maximum absolute atomic E-state index is 13.1. The van der Waals surface area contributed by atoms with Gasteiger partial charge in [-0.15, -0.1) is 0 Å². The summed E-state index contributed by atoms with van der Waals surface area (Å²) in [6, 6.07) is 9.35. The van der Waals surface area contributed by atoms with Crippen molar-refractivity contribution >= 4 is 22.5 Å². The number of rotatable bonds is 2. The average Bonchev–Trinajstić information content (AvgIpc) is 2.83. The third-order valence-corrected chi connectivity index (χ3v) is 2.77. The van der Waals surface area contributed by atoms with E-state index in [1.54, 1.807) is 36.7 Å². The lowest BCUT2D eigenvalue weighted by molar-refractivity contribution is 0.102. The molecule has 5 heteroatoms. The number of aromatic amines is 1. The Labute approximate surface area is 108 Å². The third-order valence-electron chi connectivity index (χ3n) is 2.77. The lowest BCUT2D eigenvalue weighted by Gasteiger charge is -2.01. The zero-order valence-electron chi connectivity index (χ0n) is 9.85. The first-order valence-corrected chi connectivity index (χ1v) is 5.72. The van der Waals surface area contributed by atoms with Crippen LogP contribution in [0.5, 0.6) is 0 Å². The van der Waals surface area contributed by atoms with Crippen molar-refractivity contribution in [1.82, 2.24) is 9.97 Å². The van der Waals surface area contributed by atoms with Crippen molar-refractivity contribution in [1.29, 1.82) is 0 Å². The third kappa shape index (κ3) is 2.30. The zero-order valence-corrected chi connectivity index (χ0v) is 9.85. The van der Waals surface area contributed by atoms with Gasteiger partial charge in [-0.25, -0.2) is 4.39 Å². The Kier molecular flexibility index (Phi) is 2.72. The van der Waals surface area contributed by atoms with Gasteiger partial charge in [0.1, 0.15) is 11.5 Å². The molecule has 3 aromatic rings. The molecule has 1 aromatic carbocycles. The molecule has 19 heavy (non-hydrogen) atoms. The standard InChI is InChI=1S/C14H10FN3O/c15-10-1-2-12-9(7-10)8-13(18-12)14(19)17-11-3-5-16-6-4-11/h1-8,18H,(H,16,17,19). The van der Waals surface area contributed by atoms with E-state index in [-0.39, 0.29) is 11.7 Å². The van der Waals surface area contributed by atoms with E-state index in [0.717, 1.165) is 5.52 Å². The fourth-order valence-electron chi connectivity index (χ4n) is 1.86. The molecule has 2 aromatic heterocycles. The fraction of sp³-hybridized carbons (Fsp3) is 0. The highest BCUT2D eigenvalue weighted by Gasteiger charge is 2.10. The van der Waals surface area contributed by atoms with Crippen molar-refractivity contribution in [3.05, 3.63) is 60.3 Å². The first-order valence-electron chi connectivity index (χ1n) is 5.72. The molecule has 0 fully saturated rings. The van der Waals surface area contributed by atoms with Gasteiger partial charge in [-0.2, -0.15) is 0 Å². The van der Waals surface area contributed by atoms with Gasteiger partial charge >= 0.3 is 0 Å². The van der Waals surface area contributed by atoms with E-state index in [4.69, 9.17) is 0 Å². The fourth-order valence-corrected chi connectivity index (χ4v) is 1.86. The van der Waals surface area contributed by atoms with Crippen molar-refractivity contribution < 1.29 is 9.18 Å². The quantitative estimate of drug-likeness (QED) is 0.739. The number of halogens is 1. The smallest absolute Gasteiger partial charge is 0.272 e. The number of aromatic nitrogens is 2. The first kappa shape index (κ1) is 11.4. The van der Waals surface area contributed by atoms with E-state index in [9.17, 15) is 9.18 Å². The van der Waals surface area contributed by atoms with Gasteiger partial charge in [0.05, 0.1) is 0 Å². The molecule has 2 heterocycles. The van der Waals surface area contributed by atoms with Gasteiger partial charge in [-0.3, -0.25) is 9.78 Å². The van der Waals surface area contributed by atoms with Gasteiger partial charge in [0.25, 0.3) is 5.91 Å². The van der Waals surface area contributed by atoms with Crippen molar-refractivity contribution in [2.45, 2.75) is 0 Å². The van der Waals surface area contributed by atoms with Crippen molar-refractivity contribution in [2.24, 2.45) is 0 Å². The van der Waals surface area contributed by atoms with Gasteiger partial charge in [-0.05, 0) is 36.4 Å². The van der Waals surface area contributed by atoms with Crippen molar-refractivity contribution in [3.63, 3.8) is 0 Å². The summed E-state index contributed by atoms with van der Waals surface area (Å²) in [6.45, 7) is 0. The topological polar surface area (TPSA) is 57.8 Å². The van der Waals surface area contributed by atoms with Gasteiger partial charge in [0.2, 0.25) is 0 Å². The average molecular weight is 255 g/mol. The molecule has 0 saturated heterocycles. The molecule has 0 spiro atoms. The van der Waals surface area contributed by atoms with Crippen LogP contribution in [-0.4, -0.2) is 15.9 Å². The van der Waals surface area contributed by atoms with Crippen molar-refractivity contribution in [3.8, 4) is 0 Å². The molecule has 94 valence electrons. The summed E-state index contributed by atoms with van der Waals surface area (Å²) in [6.07, 6.45) is 3.19. The number of nitrogens with one attached hydrogen (secondary N) is 2. The minimum Gasteiger partial charge on any atom is -0.351 e. The number of H-pyrrole nitrogens is 1. The highest BCUT2D eigenvalue weighted by molar-refractivity contribution is 6.05. The SMILES string of the molecule is O=C(Nc1ccncc1)c1cc2cc(F)ccc2[nH]1. The van der Waals surface area contributed by atoms with Gasteiger partial charge in [0, 0.05) is 29.0 Å². The maximum Gasteiger partial charge on any atom is 0.272 e. The predicted octanol–water partition coefficient (Wildman–Crippen LogP) is 2.95. The molecule has 0 aliphatic heterocycles. The number of anilines is 1. The molecular formula is C14H10FN3O. The van der Waals surface area contributed by atoms with E-state index in [1.807, 2.05) is 0 Å². The van der Waals surface area contributed by atoms with Gasteiger partial charge in [-0.1, -0.05) is 0 Å². The van der Waals surface area contributed by atoms with E-state index < -0.39 is 0 Å². The largest absolute Gasteiger partial charge is 0.351 e. The first-order chi connectivity index (χ1) is 9.22. The van der Waals surface area contributed by atoms with Crippen LogP contribution in [0.2, 0.25) is 0 Å². The summed E-state index contributed by atoms with van der Waals surface area (Å²) in [7, 11) is 0. The number of benzene rings is 1. The Bertz CT molecular complexity index is 737. The van der Waals surface area contributed by atoms with Crippen LogP contribution in [0.3, 0.4) is 0 Å². The summed E-state index contributed by atoms with van der Waals surface area (Å²) < 4.78 is 13.1. The van der Waals surface area contributed by atoms with Crippen LogP contribution >= 0.6 is 0 Å². The summed E-state index contributed by atoms with van der Waals surface area (Å²) in [5, 5.41) is 3.40. The molecule has 0 radical (unpaired) electrons. The molecule has 0 unspecified atom stereocenters. The zero-order chi connectivity index (χ0) is 13.2. The molecule has 2 N–H and O–H groups in total. The summed E-state index contributed by atoms with van der Waals surface area (Å²) in [5.74, 6) is -0.601. The molecule has 4 nitrogen and oxygen atoms in total. The van der Waals surface area contributed by atoms with Crippen LogP contribution in [0.15, 0.2) is 48.8 Å². The van der Waals surface area contributed by atoms with Gasteiger partial charge < -0.3 is 10.3 Å². The summed E-state index contributed by atoms with van der Waals surface area (Å²) in [4.78, 5) is 18.8. The molecule has 0 aliphatic rings. The number of hydrogen-bond acceptors (Lipinski definition) is 2. The number of carbonyl (C=O) groups excluding carboxylic acids is 1. The molecule has 0 saturated carbocycles. The van der Waals surface area contributed by atoms with E-state index in [1.165, 1.54) is 12.1 Å². The van der Waals surface area contributed by atoms with Gasteiger partial charge in [0.15, 0.2) is 0 Å². The van der Waals surface area contributed by atoms with Crippen molar-refractivity contribution in [2.75, 3.05) is 5.32 Å². The number of amides is 1. The minimum absolute atomic E-state index is 0.275. The van der Waals surface area contributed by atoms with E-state index in [0.29, 0.717) is 16.8 Å². The highest BCUT2D eigenvalue weighted by atomic mass is 19.1. The lowest BCUT2D eigenvalue weighted by Crippen LogP contribution is -2.12. The second-order valence-corrected chi connectivity index (χ2v) is 4.10. The summed E-state index contributed by atoms with van der Waals surface area (Å²) >= 11 is 0. The predicted molar refractivity (Wildman–Crippen MR) is 70.4 cm³/mol.